The van der Waals surface area contributed by atoms with Gasteiger partial charge in [0, 0.05) is 20.1 Å². The molecule has 1 unspecified atom stereocenters. The summed E-state index contributed by atoms with van der Waals surface area (Å²) in [4.78, 5) is 10.3. The van der Waals surface area contributed by atoms with Gasteiger partial charge in [0.1, 0.15) is 12.7 Å². The first kappa shape index (κ1) is 7.34. The highest BCUT2D eigenvalue weighted by molar-refractivity contribution is 5.61. The zero-order valence-electron chi connectivity index (χ0n) is 5.83. The van der Waals surface area contributed by atoms with Crippen molar-refractivity contribution < 1.29 is 19.0 Å². The van der Waals surface area contributed by atoms with Crippen LogP contribution in [0.2, 0.25) is 0 Å². The molecule has 0 spiro atoms. The maximum Gasteiger partial charge on any atom is 0.508 e. The maximum atomic E-state index is 10.3. The summed E-state index contributed by atoms with van der Waals surface area (Å²) in [5.74, 6) is 0. The predicted molar refractivity (Wildman–Crippen MR) is 32.7 cm³/mol. The number of methoxy groups -OCH3 is 1. The molecule has 0 amide bonds. The molecule has 10 heavy (non-hydrogen) atoms. The van der Waals surface area contributed by atoms with Gasteiger partial charge in [-0.05, 0) is 0 Å². The molecular formula is C6H10O4. The molecule has 58 valence electrons. The van der Waals surface area contributed by atoms with Crippen molar-refractivity contribution in [3.63, 3.8) is 0 Å². The monoisotopic (exact) mass is 146 g/mol. The summed E-state index contributed by atoms with van der Waals surface area (Å²) in [6.07, 6.45) is 0.0379. The Morgan fingerprint density at radius 1 is 1.80 bits per heavy atom. The zero-order valence-corrected chi connectivity index (χ0v) is 5.83. The number of hydrogen-bond donors (Lipinski definition) is 0. The van der Waals surface area contributed by atoms with Crippen LogP contribution in [0.4, 0.5) is 4.79 Å². The van der Waals surface area contributed by atoms with Crippen LogP contribution in [0.15, 0.2) is 0 Å². The highest BCUT2D eigenvalue weighted by atomic mass is 16.8. The smallest absolute Gasteiger partial charge is 0.430 e. The average molecular weight is 146 g/mol. The Kier molecular flexibility index (Phi) is 2.50. The summed E-state index contributed by atoms with van der Waals surface area (Å²) < 4.78 is 14.1. The van der Waals surface area contributed by atoms with Crippen LogP contribution in [-0.4, -0.2) is 32.6 Å². The summed E-state index contributed by atoms with van der Waals surface area (Å²) in [5.41, 5.74) is 0. The molecular weight excluding hydrogens is 136 g/mol. The summed E-state index contributed by atoms with van der Waals surface area (Å²) in [5, 5.41) is 0. The van der Waals surface area contributed by atoms with Crippen LogP contribution in [0.5, 0.6) is 0 Å². The predicted octanol–water partition coefficient (Wildman–Crippen LogP) is 0.558. The third-order valence-electron chi connectivity index (χ3n) is 1.29. The zero-order chi connectivity index (χ0) is 7.40. The molecule has 0 aromatic heterocycles. The molecule has 0 aromatic rings. The second kappa shape index (κ2) is 3.41. The maximum absolute atomic E-state index is 10.3. The topological polar surface area (TPSA) is 44.8 Å². The minimum atomic E-state index is -0.568. The van der Waals surface area contributed by atoms with Crippen LogP contribution in [0.1, 0.15) is 6.42 Å². The Hall–Kier alpha value is -0.770. The fourth-order valence-electron chi connectivity index (χ4n) is 0.757. The van der Waals surface area contributed by atoms with E-state index >= 15 is 0 Å². The van der Waals surface area contributed by atoms with Crippen LogP contribution < -0.4 is 0 Å². The van der Waals surface area contributed by atoms with Gasteiger partial charge in [-0.2, -0.15) is 0 Å². The van der Waals surface area contributed by atoms with E-state index in [2.05, 4.69) is 4.74 Å². The van der Waals surface area contributed by atoms with E-state index in [9.17, 15) is 4.79 Å². The Morgan fingerprint density at radius 3 is 3.10 bits per heavy atom. The summed E-state index contributed by atoms with van der Waals surface area (Å²) >= 11 is 0. The SMILES string of the molecule is COCCC1COC(=O)O1. The van der Waals surface area contributed by atoms with Gasteiger partial charge in [0.15, 0.2) is 0 Å². The Labute approximate surface area is 59.1 Å². The lowest BCUT2D eigenvalue weighted by Gasteiger charge is -2.02. The third-order valence-corrected chi connectivity index (χ3v) is 1.29. The van der Waals surface area contributed by atoms with Gasteiger partial charge in [-0.25, -0.2) is 4.79 Å². The quantitative estimate of drug-likeness (QED) is 0.545. The first-order valence-electron chi connectivity index (χ1n) is 3.15. The normalized spacial score (nSPS) is 24.1. The summed E-state index contributed by atoms with van der Waals surface area (Å²) in [6, 6.07) is 0. The summed E-state index contributed by atoms with van der Waals surface area (Å²) in [6.45, 7) is 0.962. The number of hydrogen-bond acceptors (Lipinski definition) is 4. The van der Waals surface area contributed by atoms with Crippen LogP contribution >= 0.6 is 0 Å². The number of carbonyl (C=O) groups is 1. The Morgan fingerprint density at radius 2 is 2.60 bits per heavy atom. The van der Waals surface area contributed by atoms with Gasteiger partial charge in [-0.1, -0.05) is 0 Å². The van der Waals surface area contributed by atoms with E-state index in [0.717, 1.165) is 0 Å². The lowest BCUT2D eigenvalue weighted by atomic mass is 10.3. The van der Waals surface area contributed by atoms with Gasteiger partial charge in [0.2, 0.25) is 0 Å². The molecule has 0 aliphatic carbocycles. The molecule has 1 aliphatic heterocycles. The number of ether oxygens (including phenoxy) is 3. The first-order valence-corrected chi connectivity index (χ1v) is 3.15. The molecule has 0 saturated carbocycles. The van der Waals surface area contributed by atoms with Gasteiger partial charge in [-0.3, -0.25) is 0 Å². The minimum absolute atomic E-state index is 0.104. The highest BCUT2D eigenvalue weighted by Crippen LogP contribution is 2.08. The van der Waals surface area contributed by atoms with Crippen LogP contribution in [0.3, 0.4) is 0 Å². The van der Waals surface area contributed by atoms with E-state index in [4.69, 9.17) is 9.47 Å². The fraction of sp³-hybridized carbons (Fsp3) is 0.833. The molecule has 4 nitrogen and oxygen atoms in total. The van der Waals surface area contributed by atoms with Crippen molar-refractivity contribution in [3.8, 4) is 0 Å². The third kappa shape index (κ3) is 1.88. The van der Waals surface area contributed by atoms with Crippen LogP contribution in [0, 0.1) is 0 Å². The molecule has 0 N–H and O–H groups in total. The molecule has 1 aliphatic rings. The van der Waals surface area contributed by atoms with Crippen molar-refractivity contribution in [2.75, 3.05) is 20.3 Å². The number of cyclic esters (lactones) is 2. The van der Waals surface area contributed by atoms with Crippen molar-refractivity contribution in [2.45, 2.75) is 12.5 Å². The Balaban J connectivity index is 2.12. The average Bonchev–Trinajstić information content (AvgIpc) is 2.31. The molecule has 1 atom stereocenters. The lowest BCUT2D eigenvalue weighted by Crippen LogP contribution is -2.12. The van der Waals surface area contributed by atoms with Crippen molar-refractivity contribution >= 4 is 6.16 Å². The Bertz CT molecular complexity index is 123. The largest absolute Gasteiger partial charge is 0.508 e. The van der Waals surface area contributed by atoms with E-state index in [1.54, 1.807) is 7.11 Å². The van der Waals surface area contributed by atoms with Crippen molar-refractivity contribution in [1.29, 1.82) is 0 Å². The van der Waals surface area contributed by atoms with Crippen molar-refractivity contribution in [3.05, 3.63) is 0 Å². The van der Waals surface area contributed by atoms with Crippen LogP contribution in [0.25, 0.3) is 0 Å². The van der Waals surface area contributed by atoms with E-state index in [-0.39, 0.29) is 6.10 Å². The second-order valence-electron chi connectivity index (χ2n) is 2.08. The number of carbonyl (C=O) groups excluding carboxylic acids is 1. The molecule has 0 bridgehead atoms. The molecule has 4 heteroatoms. The summed E-state index contributed by atoms with van der Waals surface area (Å²) in [7, 11) is 1.61. The second-order valence-corrected chi connectivity index (χ2v) is 2.08. The first-order chi connectivity index (χ1) is 4.83. The molecule has 1 saturated heterocycles. The van der Waals surface area contributed by atoms with Crippen molar-refractivity contribution in [2.24, 2.45) is 0 Å². The highest BCUT2D eigenvalue weighted by Gasteiger charge is 2.23. The van der Waals surface area contributed by atoms with E-state index in [1.165, 1.54) is 0 Å². The fourth-order valence-corrected chi connectivity index (χ4v) is 0.757. The lowest BCUT2D eigenvalue weighted by molar-refractivity contribution is 0.101. The minimum Gasteiger partial charge on any atom is -0.430 e. The van der Waals surface area contributed by atoms with E-state index < -0.39 is 6.16 Å². The van der Waals surface area contributed by atoms with Crippen LogP contribution in [-0.2, 0) is 14.2 Å². The molecule has 1 heterocycles. The van der Waals surface area contributed by atoms with Gasteiger partial charge in [-0.15, -0.1) is 0 Å². The molecule has 1 rings (SSSR count). The van der Waals surface area contributed by atoms with Gasteiger partial charge >= 0.3 is 6.16 Å². The molecule has 0 aromatic carbocycles. The standard InChI is InChI=1S/C6H10O4/c1-8-3-2-5-4-9-6(7)10-5/h5H,2-4H2,1H3. The van der Waals surface area contributed by atoms with E-state index in [0.29, 0.717) is 19.6 Å². The molecule has 0 radical (unpaired) electrons. The number of rotatable bonds is 3. The van der Waals surface area contributed by atoms with Gasteiger partial charge in [0.25, 0.3) is 0 Å². The van der Waals surface area contributed by atoms with E-state index in [1.807, 2.05) is 0 Å². The van der Waals surface area contributed by atoms with Gasteiger partial charge < -0.3 is 14.2 Å². The van der Waals surface area contributed by atoms with Crippen molar-refractivity contribution in [1.82, 2.24) is 0 Å². The van der Waals surface area contributed by atoms with Gasteiger partial charge in [0.05, 0.1) is 0 Å². The molecule has 1 fully saturated rings.